The van der Waals surface area contributed by atoms with Crippen LogP contribution in [0.25, 0.3) is 0 Å². The fraction of sp³-hybridized carbons (Fsp3) is 0.581. The summed E-state index contributed by atoms with van der Waals surface area (Å²) in [5, 5.41) is 26.0. The van der Waals surface area contributed by atoms with Gasteiger partial charge in [0.25, 0.3) is 0 Å². The van der Waals surface area contributed by atoms with E-state index in [0.717, 1.165) is 11.3 Å². The van der Waals surface area contributed by atoms with E-state index < -0.39 is 162 Å². The van der Waals surface area contributed by atoms with E-state index in [-0.39, 0.29) is 75.0 Å². The molecule has 2 saturated heterocycles. The third-order valence-corrected chi connectivity index (χ3v) is 20.8. The Kier molecular flexibility index (Phi) is 35.0. The highest BCUT2D eigenvalue weighted by atomic mass is 16.5. The smallest absolute Gasteiger partial charge is 0.248 e. The molecule has 0 aliphatic carbocycles. The molecular formula is C86H126N12O14. The standard InChI is InChI=1S/C86H126N12O14/c1-54(2)44-63-79(105)96(17)71(47-57(7)8)83(109)97(18)72(51-62-40-30-22-31-41-62)84(110)94(15)69(49-60-36-26-20-27-37-60)77(103)90-66(53-112-86(10,11)12)81(107)93(14)68(48-59-34-24-19-25-35-59)75(101)88-64(45-55(3)4)80(106)92(13)67(46-56(5)6)78(104)91-74(58(9)99)85(111)95(16)70(50-61-38-28-21-29-39-61)76(102)89-65(52-73(100)87-63)82(108)98-42-32-23-33-43-98/h19-22,24-31,34-41,54-58,63-72,74,99H,23,32-33,42-53H2,1-18H3,(H,87,100)(H,88,101)(H,89,102)(H,90,103)(H,91,104)/t58-,63-,64+,65+,66+,67+,68+,69+,70+,71+,72?,74+/m1/s1. The molecule has 614 valence electrons. The van der Waals surface area contributed by atoms with Crippen molar-refractivity contribution in [1.82, 2.24) is 60.9 Å². The zero-order valence-corrected chi connectivity index (χ0v) is 69.3. The second-order valence-electron chi connectivity index (χ2n) is 33.1. The molecule has 4 aromatic carbocycles. The number of rotatable bonds is 20. The summed E-state index contributed by atoms with van der Waals surface area (Å²) in [6.45, 7) is 21.6. The molecule has 0 aromatic heterocycles. The Hall–Kier alpha value is -9.56. The Morgan fingerprint density at radius 2 is 0.714 bits per heavy atom. The van der Waals surface area contributed by atoms with Crippen LogP contribution in [0.5, 0.6) is 0 Å². The molecule has 0 saturated carbocycles. The van der Waals surface area contributed by atoms with E-state index in [4.69, 9.17) is 4.74 Å². The molecule has 26 heteroatoms. The molecular weight excluding hydrogens is 1430 g/mol. The first-order valence-corrected chi connectivity index (χ1v) is 39.7. The minimum absolute atomic E-state index is 0.0204. The third-order valence-electron chi connectivity index (χ3n) is 20.8. The predicted octanol–water partition coefficient (Wildman–Crippen LogP) is 6.14. The van der Waals surface area contributed by atoms with Crippen molar-refractivity contribution in [3.8, 4) is 0 Å². The first kappa shape index (κ1) is 91.3. The summed E-state index contributed by atoms with van der Waals surface area (Å²) in [5.41, 5.74) is 1.60. The lowest BCUT2D eigenvalue weighted by Gasteiger charge is -2.39. The number of amides is 12. The van der Waals surface area contributed by atoms with E-state index in [1.807, 2.05) is 61.5 Å². The van der Waals surface area contributed by atoms with Gasteiger partial charge in [-0.3, -0.25) is 57.5 Å². The lowest BCUT2D eigenvalue weighted by Crippen LogP contribution is -2.63. The maximum absolute atomic E-state index is 16.0. The third kappa shape index (κ3) is 26.8. The molecule has 12 amide bonds. The van der Waals surface area contributed by atoms with Crippen molar-refractivity contribution in [2.24, 2.45) is 23.7 Å². The van der Waals surface area contributed by atoms with Gasteiger partial charge in [0, 0.05) is 81.1 Å². The molecule has 2 heterocycles. The van der Waals surface area contributed by atoms with Crippen molar-refractivity contribution in [3.63, 3.8) is 0 Å². The highest BCUT2D eigenvalue weighted by molar-refractivity contribution is 6.00. The molecule has 2 aliphatic heterocycles. The largest absolute Gasteiger partial charge is 0.391 e. The minimum Gasteiger partial charge on any atom is -0.391 e. The number of carbonyl (C=O) groups excluding carboxylic acids is 12. The summed E-state index contributed by atoms with van der Waals surface area (Å²) in [6.07, 6.45) is -0.382. The average molecular weight is 1550 g/mol. The van der Waals surface area contributed by atoms with Crippen molar-refractivity contribution in [2.75, 3.05) is 62.0 Å². The van der Waals surface area contributed by atoms with E-state index >= 15 is 47.9 Å². The number of likely N-dealkylation sites (N-methyl/N-ethyl adjacent to an activating group) is 6. The Labute approximate surface area is 663 Å². The molecule has 0 radical (unpaired) electrons. The number of ether oxygens (including phenoxy) is 1. The van der Waals surface area contributed by atoms with Gasteiger partial charge in [-0.25, -0.2) is 0 Å². The number of nitrogens with one attached hydrogen (secondary N) is 5. The molecule has 2 fully saturated rings. The first-order chi connectivity index (χ1) is 52.8. The van der Waals surface area contributed by atoms with Crippen molar-refractivity contribution in [3.05, 3.63) is 144 Å². The fourth-order valence-electron chi connectivity index (χ4n) is 14.4. The second kappa shape index (κ2) is 42.9. The van der Waals surface area contributed by atoms with Crippen LogP contribution in [0.3, 0.4) is 0 Å². The zero-order chi connectivity index (χ0) is 83.0. The van der Waals surface area contributed by atoms with Gasteiger partial charge in [-0.2, -0.15) is 0 Å². The molecule has 4 aromatic rings. The minimum atomic E-state index is -1.75. The van der Waals surface area contributed by atoms with Gasteiger partial charge in [-0.1, -0.05) is 177 Å². The highest BCUT2D eigenvalue weighted by Crippen LogP contribution is 2.25. The van der Waals surface area contributed by atoms with Gasteiger partial charge in [0.05, 0.1) is 24.7 Å². The lowest BCUT2D eigenvalue weighted by molar-refractivity contribution is -0.153. The maximum Gasteiger partial charge on any atom is 0.248 e. The number of benzene rings is 4. The molecule has 2 aliphatic rings. The van der Waals surface area contributed by atoms with Gasteiger partial charge >= 0.3 is 0 Å². The van der Waals surface area contributed by atoms with Crippen LogP contribution in [0.2, 0.25) is 0 Å². The van der Waals surface area contributed by atoms with E-state index in [9.17, 15) is 14.7 Å². The lowest BCUT2D eigenvalue weighted by atomic mass is 9.96. The molecule has 26 nitrogen and oxygen atoms in total. The summed E-state index contributed by atoms with van der Waals surface area (Å²) in [5.74, 6) is -10.1. The SMILES string of the molecule is CC(C)C[C@@H]1NC(=O)[C@H](Cc2ccccc2)N(C)C(=O)[C@H](COC(C)(C)C)NC(=O)[C@H](Cc2ccccc2)N(C)C(=O)C(Cc2ccccc2)N(C)C(=O)[C@H](CC(C)C)N(C)C(=O)[C@@H](CC(C)C)NC(=O)C[C@@H](C(=O)N2CCCCC2)NC(=O)[C@H](Cc2ccccc2)N(C)C(=O)[C@H]([C@@H](C)O)NC(=O)[C@H](CC(C)C)N(C)C1=O. The van der Waals surface area contributed by atoms with Crippen LogP contribution in [0.4, 0.5) is 0 Å². The normalized spacial score (nSPS) is 24.3. The number of likely N-dealkylation sites (tertiary alicyclic amines) is 1. The molecule has 12 atom stereocenters. The van der Waals surface area contributed by atoms with Crippen LogP contribution in [0.1, 0.15) is 157 Å². The Bertz CT molecular complexity index is 3780. The van der Waals surface area contributed by atoms with Gasteiger partial charge < -0.3 is 70.7 Å². The molecule has 112 heavy (non-hydrogen) atoms. The topological polar surface area (TPSA) is 317 Å². The number of carbonyl (C=O) groups is 12. The number of piperidine rings is 1. The first-order valence-electron chi connectivity index (χ1n) is 39.7. The highest BCUT2D eigenvalue weighted by Gasteiger charge is 2.45. The average Bonchev–Trinajstić information content (AvgIpc) is 0.774. The maximum atomic E-state index is 16.0. The van der Waals surface area contributed by atoms with Gasteiger partial charge in [0.1, 0.15) is 66.5 Å². The van der Waals surface area contributed by atoms with Crippen LogP contribution in [0.15, 0.2) is 121 Å². The number of hydrogen-bond donors (Lipinski definition) is 6. The summed E-state index contributed by atoms with van der Waals surface area (Å²) in [7, 11) is 8.51. The van der Waals surface area contributed by atoms with Gasteiger partial charge in [-0.05, 0) is 119 Å². The van der Waals surface area contributed by atoms with Crippen LogP contribution >= 0.6 is 0 Å². The quantitative estimate of drug-likeness (QED) is 0.0579. The van der Waals surface area contributed by atoms with Crippen molar-refractivity contribution < 1.29 is 67.4 Å². The molecule has 6 rings (SSSR count). The Balaban J connectivity index is 1.58. The van der Waals surface area contributed by atoms with Crippen LogP contribution < -0.4 is 26.6 Å². The number of nitrogens with zero attached hydrogens (tertiary/aromatic N) is 7. The molecule has 6 N–H and O–H groups in total. The summed E-state index contributed by atoms with van der Waals surface area (Å²) in [4.78, 5) is 194. The Morgan fingerprint density at radius 1 is 0.393 bits per heavy atom. The van der Waals surface area contributed by atoms with Crippen LogP contribution in [-0.4, -0.2) is 250 Å². The van der Waals surface area contributed by atoms with E-state index in [0.29, 0.717) is 48.2 Å². The monoisotopic (exact) mass is 1550 g/mol. The fourth-order valence-corrected chi connectivity index (χ4v) is 14.4. The molecule has 0 bridgehead atoms. The molecule has 0 spiro atoms. The zero-order valence-electron chi connectivity index (χ0n) is 69.3. The van der Waals surface area contributed by atoms with Crippen molar-refractivity contribution >= 4 is 70.9 Å². The summed E-state index contributed by atoms with van der Waals surface area (Å²) < 4.78 is 6.33. The number of hydrogen-bond acceptors (Lipinski definition) is 14. The summed E-state index contributed by atoms with van der Waals surface area (Å²) in [6, 6.07) is 19.9. The van der Waals surface area contributed by atoms with Crippen molar-refractivity contribution in [2.45, 2.75) is 238 Å². The predicted molar refractivity (Wildman–Crippen MR) is 430 cm³/mol. The summed E-state index contributed by atoms with van der Waals surface area (Å²) >= 11 is 0. The van der Waals surface area contributed by atoms with Gasteiger partial charge in [-0.15, -0.1) is 0 Å². The van der Waals surface area contributed by atoms with Crippen LogP contribution in [0, 0.1) is 23.7 Å². The van der Waals surface area contributed by atoms with E-state index in [1.54, 1.807) is 141 Å². The second-order valence-corrected chi connectivity index (χ2v) is 33.1. The molecule has 1 unspecified atom stereocenters. The number of aliphatic hydroxyl groups excluding tert-OH is 1. The Morgan fingerprint density at radius 3 is 1.12 bits per heavy atom. The van der Waals surface area contributed by atoms with Crippen LogP contribution in [-0.2, 0) is 88.0 Å². The number of aliphatic hydroxyl groups is 1. The van der Waals surface area contributed by atoms with Gasteiger partial charge in [0.2, 0.25) is 70.9 Å². The van der Waals surface area contributed by atoms with E-state index in [1.165, 1.54) is 73.7 Å². The van der Waals surface area contributed by atoms with Crippen molar-refractivity contribution in [1.29, 1.82) is 0 Å². The van der Waals surface area contributed by atoms with Gasteiger partial charge in [0.15, 0.2) is 0 Å². The van der Waals surface area contributed by atoms with E-state index in [2.05, 4.69) is 26.6 Å².